The Bertz CT molecular complexity index is 1020. The van der Waals surface area contributed by atoms with Crippen LogP contribution in [0.4, 0.5) is 0 Å². The Morgan fingerprint density at radius 1 is 1.13 bits per heavy atom. The molecule has 6 nitrogen and oxygen atoms in total. The number of carbonyl (C=O) groups excluding carboxylic acids is 2. The lowest BCUT2D eigenvalue weighted by molar-refractivity contribution is -0.131. The summed E-state index contributed by atoms with van der Waals surface area (Å²) in [5.74, 6) is 0.0757. The van der Waals surface area contributed by atoms with Crippen LogP contribution < -0.4 is 0 Å². The standard InChI is InChI=1S/C23H28N4O2S/c1-3-27-22(29)20(24(2)23(27)30)14-17-15-26(19-11-7-6-10-18(17)19)16-21(28)25-12-8-4-5-9-13-25/h6-7,10-11,14-15H,3-5,8-9,12-13,16H2,1-2H3/b20-14-. The molecular weight excluding hydrogens is 396 g/mol. The average Bonchev–Trinajstić information content (AvgIpc) is 3.02. The van der Waals surface area contributed by atoms with E-state index in [9.17, 15) is 9.59 Å². The van der Waals surface area contributed by atoms with Crippen molar-refractivity contribution in [3.8, 4) is 0 Å². The molecule has 0 aliphatic carbocycles. The van der Waals surface area contributed by atoms with Gasteiger partial charge >= 0.3 is 0 Å². The van der Waals surface area contributed by atoms with Gasteiger partial charge in [0, 0.05) is 49.3 Å². The van der Waals surface area contributed by atoms with Gasteiger partial charge in [0.25, 0.3) is 5.91 Å². The Labute approximate surface area is 182 Å². The van der Waals surface area contributed by atoms with Crippen LogP contribution in [0.15, 0.2) is 36.2 Å². The highest BCUT2D eigenvalue weighted by molar-refractivity contribution is 7.80. The van der Waals surface area contributed by atoms with Gasteiger partial charge in [-0.1, -0.05) is 31.0 Å². The SMILES string of the molecule is CCN1C(=O)/C(=C/c2cn(CC(=O)N3CCCCCC3)c3ccccc23)N(C)C1=S. The number of benzene rings is 1. The minimum absolute atomic E-state index is 0.0810. The lowest BCUT2D eigenvalue weighted by Gasteiger charge is -2.20. The zero-order valence-electron chi connectivity index (χ0n) is 17.6. The van der Waals surface area contributed by atoms with Crippen molar-refractivity contribution in [1.82, 2.24) is 19.3 Å². The van der Waals surface area contributed by atoms with Gasteiger partial charge in [-0.25, -0.2) is 0 Å². The molecule has 2 aromatic rings. The van der Waals surface area contributed by atoms with Crippen LogP contribution in [-0.2, 0) is 16.1 Å². The lowest BCUT2D eigenvalue weighted by atomic mass is 10.1. The number of likely N-dealkylation sites (N-methyl/N-ethyl adjacent to an activating group) is 2. The van der Waals surface area contributed by atoms with Crippen molar-refractivity contribution in [3.63, 3.8) is 0 Å². The minimum Gasteiger partial charge on any atom is -0.341 e. The quantitative estimate of drug-likeness (QED) is 0.557. The van der Waals surface area contributed by atoms with E-state index in [1.807, 2.05) is 60.0 Å². The molecule has 3 heterocycles. The summed E-state index contributed by atoms with van der Waals surface area (Å²) >= 11 is 5.41. The third-order valence-corrected chi connectivity index (χ3v) is 6.53. The van der Waals surface area contributed by atoms with Crippen molar-refractivity contribution in [2.45, 2.75) is 39.2 Å². The van der Waals surface area contributed by atoms with Gasteiger partial charge < -0.3 is 14.4 Å². The molecule has 0 spiro atoms. The van der Waals surface area contributed by atoms with Gasteiger partial charge in [0.05, 0.1) is 0 Å². The van der Waals surface area contributed by atoms with E-state index >= 15 is 0 Å². The second-order valence-corrected chi connectivity index (χ2v) is 8.31. The minimum atomic E-state index is -0.0810. The van der Waals surface area contributed by atoms with Gasteiger partial charge in [0.2, 0.25) is 5.91 Å². The summed E-state index contributed by atoms with van der Waals surface area (Å²) in [5.41, 5.74) is 2.48. The number of carbonyl (C=O) groups is 2. The van der Waals surface area contributed by atoms with Crippen molar-refractivity contribution in [1.29, 1.82) is 0 Å². The van der Waals surface area contributed by atoms with Crippen LogP contribution in [0.3, 0.4) is 0 Å². The number of nitrogens with zero attached hydrogens (tertiary/aromatic N) is 4. The van der Waals surface area contributed by atoms with Crippen molar-refractivity contribution in [2.75, 3.05) is 26.7 Å². The summed E-state index contributed by atoms with van der Waals surface area (Å²) in [7, 11) is 1.82. The van der Waals surface area contributed by atoms with Gasteiger partial charge in [0.15, 0.2) is 5.11 Å². The molecule has 0 atom stereocenters. The summed E-state index contributed by atoms with van der Waals surface area (Å²) in [5, 5.41) is 1.55. The van der Waals surface area contributed by atoms with E-state index < -0.39 is 0 Å². The van der Waals surface area contributed by atoms with E-state index in [1.54, 1.807) is 9.80 Å². The first-order valence-electron chi connectivity index (χ1n) is 10.7. The van der Waals surface area contributed by atoms with Gasteiger partial charge in [-0.2, -0.15) is 0 Å². The predicted octanol–water partition coefficient (Wildman–Crippen LogP) is 3.46. The van der Waals surface area contributed by atoms with Gasteiger partial charge in [-0.3, -0.25) is 14.5 Å². The molecule has 30 heavy (non-hydrogen) atoms. The summed E-state index contributed by atoms with van der Waals surface area (Å²) < 4.78 is 2.00. The largest absolute Gasteiger partial charge is 0.341 e. The molecule has 2 amide bonds. The fourth-order valence-corrected chi connectivity index (χ4v) is 4.63. The molecule has 0 radical (unpaired) electrons. The number of para-hydroxylation sites is 1. The highest BCUT2D eigenvalue weighted by Gasteiger charge is 2.34. The van der Waals surface area contributed by atoms with E-state index in [-0.39, 0.29) is 11.8 Å². The van der Waals surface area contributed by atoms with Crippen molar-refractivity contribution in [2.24, 2.45) is 0 Å². The monoisotopic (exact) mass is 424 g/mol. The summed E-state index contributed by atoms with van der Waals surface area (Å²) in [6.45, 7) is 4.47. The third kappa shape index (κ3) is 3.74. The normalized spacial score (nSPS) is 19.3. The smallest absolute Gasteiger partial charge is 0.276 e. The second-order valence-electron chi connectivity index (χ2n) is 7.95. The summed E-state index contributed by atoms with van der Waals surface area (Å²) in [4.78, 5) is 31.1. The van der Waals surface area contributed by atoms with Crippen LogP contribution in [0.5, 0.6) is 0 Å². The Morgan fingerprint density at radius 2 is 1.83 bits per heavy atom. The Hall–Kier alpha value is -2.67. The molecule has 0 N–H and O–H groups in total. The van der Waals surface area contributed by atoms with Gasteiger partial charge in [0.1, 0.15) is 12.2 Å². The first kappa shape index (κ1) is 20.6. The fraction of sp³-hybridized carbons (Fsp3) is 0.435. The van der Waals surface area contributed by atoms with E-state index in [1.165, 1.54) is 12.8 Å². The molecule has 0 unspecified atom stereocenters. The predicted molar refractivity (Wildman–Crippen MR) is 123 cm³/mol. The average molecular weight is 425 g/mol. The molecule has 2 saturated heterocycles. The van der Waals surface area contributed by atoms with Crippen molar-refractivity contribution < 1.29 is 9.59 Å². The zero-order valence-corrected chi connectivity index (χ0v) is 18.5. The van der Waals surface area contributed by atoms with Crippen LogP contribution in [0, 0.1) is 0 Å². The Kier molecular flexibility index (Phi) is 5.90. The van der Waals surface area contributed by atoms with Crippen LogP contribution in [0.1, 0.15) is 38.2 Å². The molecule has 2 aliphatic heterocycles. The van der Waals surface area contributed by atoms with Crippen LogP contribution in [-0.4, -0.2) is 62.9 Å². The fourth-order valence-electron chi connectivity index (χ4n) is 4.32. The van der Waals surface area contributed by atoms with Crippen molar-refractivity contribution >= 4 is 46.1 Å². The number of aromatic nitrogens is 1. The maximum absolute atomic E-state index is 13.0. The molecule has 7 heteroatoms. The molecule has 1 aromatic carbocycles. The van der Waals surface area contributed by atoms with Crippen LogP contribution >= 0.6 is 12.2 Å². The number of fused-ring (bicyclic) bond motifs is 1. The first-order valence-corrected chi connectivity index (χ1v) is 11.1. The van der Waals surface area contributed by atoms with E-state index in [0.717, 1.165) is 42.4 Å². The molecular formula is C23H28N4O2S. The number of hydrogen-bond donors (Lipinski definition) is 0. The zero-order chi connectivity index (χ0) is 21.3. The van der Waals surface area contributed by atoms with Crippen LogP contribution in [0.2, 0.25) is 0 Å². The number of thiocarbonyl (C=S) groups is 1. The Balaban J connectivity index is 1.67. The maximum Gasteiger partial charge on any atom is 0.276 e. The summed E-state index contributed by atoms with van der Waals surface area (Å²) in [6.07, 6.45) is 8.43. The molecule has 0 bridgehead atoms. The van der Waals surface area contributed by atoms with E-state index in [2.05, 4.69) is 0 Å². The van der Waals surface area contributed by atoms with Gasteiger partial charge in [-0.05, 0) is 44.1 Å². The number of amides is 2. The highest BCUT2D eigenvalue weighted by Crippen LogP contribution is 2.27. The highest BCUT2D eigenvalue weighted by atomic mass is 32.1. The molecule has 158 valence electrons. The first-order chi connectivity index (χ1) is 14.5. The lowest BCUT2D eigenvalue weighted by Crippen LogP contribution is -2.34. The summed E-state index contributed by atoms with van der Waals surface area (Å²) in [6, 6.07) is 8.02. The molecule has 1 aromatic heterocycles. The van der Waals surface area contributed by atoms with Crippen molar-refractivity contribution in [3.05, 3.63) is 41.7 Å². The molecule has 4 rings (SSSR count). The third-order valence-electron chi connectivity index (χ3n) is 6.04. The Morgan fingerprint density at radius 3 is 2.50 bits per heavy atom. The molecule has 2 fully saturated rings. The van der Waals surface area contributed by atoms with E-state index in [4.69, 9.17) is 12.2 Å². The maximum atomic E-state index is 13.0. The van der Waals surface area contributed by atoms with Crippen LogP contribution in [0.25, 0.3) is 17.0 Å². The second kappa shape index (κ2) is 8.60. The van der Waals surface area contributed by atoms with Gasteiger partial charge in [-0.15, -0.1) is 0 Å². The van der Waals surface area contributed by atoms with E-state index in [0.29, 0.717) is 23.9 Å². The topological polar surface area (TPSA) is 48.8 Å². The number of likely N-dealkylation sites (tertiary alicyclic amines) is 1. The molecule has 0 saturated carbocycles. The molecule has 2 aliphatic rings. The number of hydrogen-bond acceptors (Lipinski definition) is 3. The number of rotatable bonds is 4.